The lowest BCUT2D eigenvalue weighted by atomic mass is 9.86. The fourth-order valence-corrected chi connectivity index (χ4v) is 2.58. The third-order valence-corrected chi connectivity index (χ3v) is 3.97. The first-order chi connectivity index (χ1) is 9.11. The van der Waals surface area contributed by atoms with E-state index in [2.05, 4.69) is 32.2 Å². The first-order valence-corrected chi connectivity index (χ1v) is 7.22. The minimum Gasteiger partial charge on any atom is -0.497 e. The van der Waals surface area contributed by atoms with Crippen LogP contribution in [0.2, 0.25) is 0 Å². The van der Waals surface area contributed by atoms with Crippen molar-refractivity contribution in [3.8, 4) is 11.5 Å². The van der Waals surface area contributed by atoms with Gasteiger partial charge in [-0.3, -0.25) is 0 Å². The van der Waals surface area contributed by atoms with Crippen LogP contribution in [0.3, 0.4) is 0 Å². The van der Waals surface area contributed by atoms with Crippen molar-refractivity contribution in [2.45, 2.75) is 51.7 Å². The molecule has 1 heterocycles. The summed E-state index contributed by atoms with van der Waals surface area (Å²) < 4.78 is 11.5. The van der Waals surface area contributed by atoms with Gasteiger partial charge < -0.3 is 14.8 Å². The Morgan fingerprint density at radius 1 is 1.42 bits per heavy atom. The molecule has 0 saturated heterocycles. The summed E-state index contributed by atoms with van der Waals surface area (Å²) in [6.07, 6.45) is 3.16. The zero-order valence-electron chi connectivity index (χ0n) is 12.5. The van der Waals surface area contributed by atoms with Gasteiger partial charge in [0, 0.05) is 18.0 Å². The minimum absolute atomic E-state index is 0.0764. The number of nitrogens with one attached hydrogen (secondary N) is 1. The molecule has 1 aliphatic heterocycles. The Hall–Kier alpha value is -1.22. The van der Waals surface area contributed by atoms with Crippen LogP contribution in [-0.2, 0) is 0 Å². The Morgan fingerprint density at radius 3 is 2.84 bits per heavy atom. The third kappa shape index (κ3) is 3.03. The molecule has 0 saturated carbocycles. The molecule has 0 spiro atoms. The van der Waals surface area contributed by atoms with Crippen LogP contribution in [0.15, 0.2) is 18.2 Å². The van der Waals surface area contributed by atoms with E-state index in [1.807, 2.05) is 12.1 Å². The molecule has 19 heavy (non-hydrogen) atoms. The number of benzene rings is 1. The standard InChI is InChI=1S/C16H25NO2/c1-5-9-17-14-11-16(3,6-2)19-15-8-7-12(18-4)10-13(14)15/h7-8,10,14,17H,5-6,9,11H2,1-4H3. The van der Waals surface area contributed by atoms with Gasteiger partial charge in [-0.05, 0) is 44.5 Å². The topological polar surface area (TPSA) is 30.5 Å². The lowest BCUT2D eigenvalue weighted by Crippen LogP contribution is -2.41. The molecule has 0 radical (unpaired) electrons. The summed E-state index contributed by atoms with van der Waals surface area (Å²) in [5.74, 6) is 1.88. The molecule has 0 amide bonds. The molecule has 0 aliphatic carbocycles. The van der Waals surface area contributed by atoms with Crippen molar-refractivity contribution >= 4 is 0 Å². The summed E-state index contributed by atoms with van der Waals surface area (Å²) in [5, 5.41) is 3.63. The maximum atomic E-state index is 6.18. The van der Waals surface area contributed by atoms with Gasteiger partial charge in [-0.2, -0.15) is 0 Å². The van der Waals surface area contributed by atoms with Gasteiger partial charge in [0.05, 0.1) is 7.11 Å². The molecule has 1 aliphatic rings. The Balaban J connectivity index is 2.32. The van der Waals surface area contributed by atoms with E-state index in [-0.39, 0.29) is 5.60 Å². The highest BCUT2D eigenvalue weighted by Gasteiger charge is 2.35. The Kier molecular flexibility index (Phi) is 4.35. The van der Waals surface area contributed by atoms with Crippen LogP contribution in [-0.4, -0.2) is 19.3 Å². The number of methoxy groups -OCH3 is 1. The van der Waals surface area contributed by atoms with Gasteiger partial charge in [-0.15, -0.1) is 0 Å². The normalized spacial score (nSPS) is 25.6. The second-order valence-electron chi connectivity index (χ2n) is 5.52. The number of fused-ring (bicyclic) bond motifs is 1. The second kappa shape index (κ2) is 5.83. The third-order valence-electron chi connectivity index (χ3n) is 3.97. The molecule has 2 atom stereocenters. The van der Waals surface area contributed by atoms with Crippen molar-refractivity contribution < 1.29 is 9.47 Å². The summed E-state index contributed by atoms with van der Waals surface area (Å²) in [5.41, 5.74) is 1.14. The fraction of sp³-hybridized carbons (Fsp3) is 0.625. The van der Waals surface area contributed by atoms with E-state index >= 15 is 0 Å². The number of hydrogen-bond acceptors (Lipinski definition) is 3. The van der Waals surface area contributed by atoms with Gasteiger partial charge in [0.25, 0.3) is 0 Å². The zero-order chi connectivity index (χ0) is 13.9. The smallest absolute Gasteiger partial charge is 0.125 e. The van der Waals surface area contributed by atoms with E-state index in [4.69, 9.17) is 9.47 Å². The highest BCUT2D eigenvalue weighted by Crippen LogP contribution is 2.42. The fourth-order valence-electron chi connectivity index (χ4n) is 2.58. The average Bonchev–Trinajstić information content (AvgIpc) is 2.44. The summed E-state index contributed by atoms with van der Waals surface area (Å²) in [6, 6.07) is 6.44. The van der Waals surface area contributed by atoms with Crippen molar-refractivity contribution in [3.63, 3.8) is 0 Å². The van der Waals surface area contributed by atoms with E-state index < -0.39 is 0 Å². The van der Waals surface area contributed by atoms with Gasteiger partial charge in [-0.25, -0.2) is 0 Å². The van der Waals surface area contributed by atoms with Crippen molar-refractivity contribution in [1.82, 2.24) is 5.32 Å². The quantitative estimate of drug-likeness (QED) is 0.879. The molecule has 0 fully saturated rings. The average molecular weight is 263 g/mol. The SMILES string of the molecule is CCCNC1CC(C)(CC)Oc2ccc(OC)cc21. The van der Waals surface area contributed by atoms with Crippen LogP contribution in [0, 0.1) is 0 Å². The maximum absolute atomic E-state index is 6.18. The van der Waals surface area contributed by atoms with E-state index in [0.717, 1.165) is 37.3 Å². The van der Waals surface area contributed by atoms with Gasteiger partial charge in [0.1, 0.15) is 17.1 Å². The summed E-state index contributed by atoms with van der Waals surface area (Å²) in [4.78, 5) is 0. The number of rotatable bonds is 5. The molecule has 106 valence electrons. The summed E-state index contributed by atoms with van der Waals surface area (Å²) >= 11 is 0. The molecule has 2 unspecified atom stereocenters. The largest absolute Gasteiger partial charge is 0.497 e. The Morgan fingerprint density at radius 2 is 2.21 bits per heavy atom. The van der Waals surface area contributed by atoms with Crippen LogP contribution in [0.1, 0.15) is 51.6 Å². The molecule has 3 nitrogen and oxygen atoms in total. The number of ether oxygens (including phenoxy) is 2. The maximum Gasteiger partial charge on any atom is 0.125 e. The number of hydrogen-bond donors (Lipinski definition) is 1. The van der Waals surface area contributed by atoms with Gasteiger partial charge in [0.15, 0.2) is 0 Å². The lowest BCUT2D eigenvalue weighted by Gasteiger charge is -2.40. The Bertz CT molecular complexity index is 433. The van der Waals surface area contributed by atoms with E-state index in [1.54, 1.807) is 7.11 Å². The molecule has 1 aromatic rings. The predicted molar refractivity (Wildman–Crippen MR) is 78.0 cm³/mol. The molecule has 1 aromatic carbocycles. The van der Waals surface area contributed by atoms with Crippen LogP contribution in [0.5, 0.6) is 11.5 Å². The predicted octanol–water partition coefficient (Wildman–Crippen LogP) is 3.69. The summed E-state index contributed by atoms with van der Waals surface area (Å²) in [6.45, 7) is 7.60. The highest BCUT2D eigenvalue weighted by atomic mass is 16.5. The second-order valence-corrected chi connectivity index (χ2v) is 5.52. The van der Waals surface area contributed by atoms with Gasteiger partial charge >= 0.3 is 0 Å². The molecule has 1 N–H and O–H groups in total. The van der Waals surface area contributed by atoms with Gasteiger partial charge in [0.2, 0.25) is 0 Å². The highest BCUT2D eigenvalue weighted by molar-refractivity contribution is 5.44. The van der Waals surface area contributed by atoms with Crippen molar-refractivity contribution in [2.75, 3.05) is 13.7 Å². The monoisotopic (exact) mass is 263 g/mol. The molecule has 0 bridgehead atoms. The first-order valence-electron chi connectivity index (χ1n) is 7.22. The van der Waals surface area contributed by atoms with Crippen molar-refractivity contribution in [2.24, 2.45) is 0 Å². The van der Waals surface area contributed by atoms with Gasteiger partial charge in [-0.1, -0.05) is 13.8 Å². The molecule has 3 heteroatoms. The van der Waals surface area contributed by atoms with Crippen LogP contribution >= 0.6 is 0 Å². The Labute approximate surface area is 116 Å². The van der Waals surface area contributed by atoms with Crippen molar-refractivity contribution in [3.05, 3.63) is 23.8 Å². The molecule has 0 aromatic heterocycles. The molecule has 2 rings (SSSR count). The van der Waals surface area contributed by atoms with Crippen LogP contribution in [0.25, 0.3) is 0 Å². The van der Waals surface area contributed by atoms with E-state index in [1.165, 1.54) is 5.56 Å². The first kappa shape index (κ1) is 14.2. The van der Waals surface area contributed by atoms with E-state index in [9.17, 15) is 0 Å². The lowest BCUT2D eigenvalue weighted by molar-refractivity contribution is 0.0441. The van der Waals surface area contributed by atoms with E-state index in [0.29, 0.717) is 6.04 Å². The molecular formula is C16H25NO2. The minimum atomic E-state index is -0.0764. The zero-order valence-corrected chi connectivity index (χ0v) is 12.5. The van der Waals surface area contributed by atoms with Crippen molar-refractivity contribution in [1.29, 1.82) is 0 Å². The van der Waals surface area contributed by atoms with Crippen LogP contribution < -0.4 is 14.8 Å². The van der Waals surface area contributed by atoms with Crippen LogP contribution in [0.4, 0.5) is 0 Å². The molecular weight excluding hydrogens is 238 g/mol. The summed E-state index contributed by atoms with van der Waals surface area (Å²) in [7, 11) is 1.70.